The Balaban J connectivity index is 1.60. The van der Waals surface area contributed by atoms with Gasteiger partial charge in [-0.1, -0.05) is 118 Å². The van der Waals surface area contributed by atoms with Gasteiger partial charge in [0.2, 0.25) is 0 Å². The van der Waals surface area contributed by atoms with E-state index < -0.39 is 13.9 Å². The Labute approximate surface area is 255 Å². The van der Waals surface area contributed by atoms with Crippen molar-refractivity contribution in [2.75, 3.05) is 26.2 Å². The van der Waals surface area contributed by atoms with Crippen molar-refractivity contribution in [1.82, 2.24) is 9.80 Å². The third-order valence-electron chi connectivity index (χ3n) is 9.94. The highest BCUT2D eigenvalue weighted by molar-refractivity contribution is 6.74. The van der Waals surface area contributed by atoms with E-state index in [1.165, 1.54) is 22.3 Å². The normalized spacial score (nSPS) is 21.1. The average Bonchev–Trinajstić information content (AvgIpc) is 2.99. The van der Waals surface area contributed by atoms with E-state index in [1.807, 2.05) is 0 Å². The van der Waals surface area contributed by atoms with E-state index in [-0.39, 0.29) is 17.8 Å². The van der Waals surface area contributed by atoms with Crippen molar-refractivity contribution in [2.45, 2.75) is 82.4 Å². The maximum Gasteiger partial charge on any atom is 0.192 e. The van der Waals surface area contributed by atoms with Crippen LogP contribution in [0.2, 0.25) is 18.1 Å². The van der Waals surface area contributed by atoms with E-state index >= 15 is 0 Å². The summed E-state index contributed by atoms with van der Waals surface area (Å²) >= 11 is 0. The summed E-state index contributed by atoms with van der Waals surface area (Å²) in [5.41, 5.74) is 4.66. The fraction of sp³-hybridized carbons (Fsp3) is 0.459. The molecule has 5 heteroatoms. The zero-order chi connectivity index (χ0) is 29.8. The summed E-state index contributed by atoms with van der Waals surface area (Å²) in [6, 6.07) is 33.1. The number of aliphatic hydroxyl groups is 1. The van der Waals surface area contributed by atoms with Crippen LogP contribution in [0, 0.1) is 0 Å². The highest BCUT2D eigenvalue weighted by Gasteiger charge is 2.49. The SMILES string of the molecule is CC(C)(C)[Si](C)(C)OC1CCN(C2C(=CCO)CCCN2C(c2ccccc2)(c2ccccc2)c2ccccc2)CC1. The first-order chi connectivity index (χ1) is 20.2. The molecule has 0 saturated carbocycles. The van der Waals surface area contributed by atoms with Crippen LogP contribution in [-0.4, -0.2) is 61.7 Å². The monoisotopic (exact) mass is 582 g/mol. The first-order valence-corrected chi connectivity index (χ1v) is 18.7. The largest absolute Gasteiger partial charge is 0.414 e. The number of benzene rings is 3. The highest BCUT2D eigenvalue weighted by Crippen LogP contribution is 2.47. The van der Waals surface area contributed by atoms with Gasteiger partial charge in [0, 0.05) is 25.7 Å². The van der Waals surface area contributed by atoms with Crippen LogP contribution in [0.25, 0.3) is 0 Å². The first kappa shape index (κ1) is 30.9. The summed E-state index contributed by atoms with van der Waals surface area (Å²) in [6.45, 7) is 14.7. The Morgan fingerprint density at radius 1 is 0.786 bits per heavy atom. The van der Waals surface area contributed by atoms with Crippen molar-refractivity contribution in [3.05, 3.63) is 119 Å². The van der Waals surface area contributed by atoms with Crippen molar-refractivity contribution in [1.29, 1.82) is 0 Å². The third-order valence-corrected chi connectivity index (χ3v) is 14.5. The number of hydrogen-bond donors (Lipinski definition) is 1. The van der Waals surface area contributed by atoms with E-state index in [9.17, 15) is 5.11 Å². The number of nitrogens with zero attached hydrogens (tertiary/aromatic N) is 2. The predicted octanol–water partition coefficient (Wildman–Crippen LogP) is 7.81. The maximum absolute atomic E-state index is 10.2. The molecule has 4 nitrogen and oxygen atoms in total. The molecule has 0 radical (unpaired) electrons. The van der Waals surface area contributed by atoms with Crippen molar-refractivity contribution < 1.29 is 9.53 Å². The minimum Gasteiger partial charge on any atom is -0.414 e. The summed E-state index contributed by atoms with van der Waals surface area (Å²) in [4.78, 5) is 5.42. The van der Waals surface area contributed by atoms with Gasteiger partial charge in [-0.25, -0.2) is 0 Å². The minimum atomic E-state index is -1.83. The van der Waals surface area contributed by atoms with Crippen molar-refractivity contribution >= 4 is 8.32 Å². The average molecular weight is 583 g/mol. The Morgan fingerprint density at radius 3 is 1.69 bits per heavy atom. The molecule has 2 saturated heterocycles. The molecule has 5 rings (SSSR count). The fourth-order valence-electron chi connectivity index (χ4n) is 6.88. The lowest BCUT2D eigenvalue weighted by Crippen LogP contribution is -2.62. The lowest BCUT2D eigenvalue weighted by molar-refractivity contribution is -0.0288. The number of hydrogen-bond acceptors (Lipinski definition) is 4. The summed E-state index contributed by atoms with van der Waals surface area (Å²) < 4.78 is 6.90. The van der Waals surface area contributed by atoms with Gasteiger partial charge >= 0.3 is 0 Å². The van der Waals surface area contributed by atoms with Gasteiger partial charge in [0.25, 0.3) is 0 Å². The molecule has 3 aromatic carbocycles. The Bertz CT molecular complexity index is 1200. The van der Waals surface area contributed by atoms with Crippen molar-refractivity contribution in [2.24, 2.45) is 0 Å². The van der Waals surface area contributed by atoms with Crippen LogP contribution in [0.5, 0.6) is 0 Å². The summed E-state index contributed by atoms with van der Waals surface area (Å²) in [7, 11) is -1.83. The van der Waals surface area contributed by atoms with Crippen LogP contribution >= 0.6 is 0 Å². The fourth-order valence-corrected chi connectivity index (χ4v) is 8.30. The maximum atomic E-state index is 10.2. The van der Waals surface area contributed by atoms with E-state index in [1.54, 1.807) is 0 Å². The van der Waals surface area contributed by atoms with Crippen LogP contribution in [0.3, 0.4) is 0 Å². The lowest BCUT2D eigenvalue weighted by atomic mass is 9.73. The summed E-state index contributed by atoms with van der Waals surface area (Å²) in [6.07, 6.45) is 6.63. The third kappa shape index (κ3) is 6.08. The van der Waals surface area contributed by atoms with E-state index in [0.717, 1.165) is 45.3 Å². The van der Waals surface area contributed by atoms with Gasteiger partial charge in [0.05, 0.1) is 18.3 Å². The van der Waals surface area contributed by atoms with Gasteiger partial charge in [0.15, 0.2) is 8.32 Å². The number of aliphatic hydroxyl groups excluding tert-OH is 1. The second-order valence-corrected chi connectivity index (χ2v) is 18.3. The molecule has 2 aliphatic heterocycles. The molecular weight excluding hydrogens is 533 g/mol. The van der Waals surface area contributed by atoms with Gasteiger partial charge in [0.1, 0.15) is 0 Å². The zero-order valence-electron chi connectivity index (χ0n) is 26.3. The lowest BCUT2D eigenvalue weighted by Gasteiger charge is -2.55. The summed E-state index contributed by atoms with van der Waals surface area (Å²) in [5, 5.41) is 10.4. The molecule has 42 heavy (non-hydrogen) atoms. The Kier molecular flexibility index (Phi) is 9.55. The van der Waals surface area contributed by atoms with Crippen molar-refractivity contribution in [3.8, 4) is 0 Å². The molecule has 0 bridgehead atoms. The van der Waals surface area contributed by atoms with Crippen LogP contribution in [-0.2, 0) is 9.96 Å². The van der Waals surface area contributed by atoms with Crippen LogP contribution < -0.4 is 0 Å². The molecule has 1 unspecified atom stereocenters. The molecule has 0 aromatic heterocycles. The zero-order valence-corrected chi connectivity index (χ0v) is 27.3. The molecule has 0 amide bonds. The molecular formula is C37H50N2O2Si. The molecule has 3 aromatic rings. The van der Waals surface area contributed by atoms with Crippen molar-refractivity contribution in [3.63, 3.8) is 0 Å². The second-order valence-electron chi connectivity index (χ2n) is 13.6. The second kappa shape index (κ2) is 13.0. The molecule has 1 N–H and O–H groups in total. The standard InChI is InChI=1S/C37H50N2O2Si/c1-36(2,3)42(4,5)41-34-23-27-38(28-24-34)35-30(25-29-40)16-15-26-39(35)37(31-17-9-6-10-18-31,32-19-11-7-12-20-32)33-21-13-8-14-22-33/h6-14,17-22,25,34-35,40H,15-16,23-24,26-29H2,1-5H3. The Hall–Kier alpha value is -2.54. The van der Waals surface area contributed by atoms with Crippen LogP contribution in [0.4, 0.5) is 0 Å². The molecule has 0 aliphatic carbocycles. The molecule has 2 heterocycles. The minimum absolute atomic E-state index is 0.0691. The molecule has 1 atom stereocenters. The molecule has 2 fully saturated rings. The van der Waals surface area contributed by atoms with Gasteiger partial charge in [-0.2, -0.15) is 0 Å². The number of rotatable bonds is 8. The van der Waals surface area contributed by atoms with E-state index in [2.05, 4.69) is 141 Å². The first-order valence-electron chi connectivity index (χ1n) is 15.8. The number of piperidine rings is 2. The topological polar surface area (TPSA) is 35.9 Å². The van der Waals surface area contributed by atoms with Gasteiger partial charge in [-0.3, -0.25) is 9.80 Å². The van der Waals surface area contributed by atoms with Gasteiger partial charge < -0.3 is 9.53 Å². The highest BCUT2D eigenvalue weighted by atomic mass is 28.4. The van der Waals surface area contributed by atoms with E-state index in [4.69, 9.17) is 4.43 Å². The van der Waals surface area contributed by atoms with Gasteiger partial charge in [-0.05, 0) is 66.1 Å². The molecule has 224 valence electrons. The number of likely N-dealkylation sites (tertiary alicyclic amines) is 2. The van der Waals surface area contributed by atoms with Crippen LogP contribution in [0.15, 0.2) is 103 Å². The van der Waals surface area contributed by atoms with Crippen LogP contribution in [0.1, 0.15) is 63.1 Å². The Morgan fingerprint density at radius 2 is 1.26 bits per heavy atom. The quantitative estimate of drug-likeness (QED) is 0.167. The molecule has 0 spiro atoms. The predicted molar refractivity (Wildman–Crippen MR) is 177 cm³/mol. The molecule has 2 aliphatic rings. The van der Waals surface area contributed by atoms with Gasteiger partial charge in [-0.15, -0.1) is 0 Å². The summed E-state index contributed by atoms with van der Waals surface area (Å²) in [5.74, 6) is 0. The van der Waals surface area contributed by atoms with E-state index in [0.29, 0.717) is 6.10 Å². The smallest absolute Gasteiger partial charge is 0.192 e.